The zero-order chi connectivity index (χ0) is 34.4. The highest BCUT2D eigenvalue weighted by molar-refractivity contribution is 5.95. The average molecular weight is 665 g/mol. The number of aryl methyl sites for hydroxylation is 1. The van der Waals surface area contributed by atoms with E-state index in [1.54, 1.807) is 5.56 Å². The average Bonchev–Trinajstić information content (AvgIpc) is 3.23. The molecule has 52 heavy (non-hydrogen) atoms. The van der Waals surface area contributed by atoms with Gasteiger partial charge in [0, 0.05) is 5.92 Å². The Morgan fingerprint density at radius 1 is 0.365 bits per heavy atom. The second-order valence-electron chi connectivity index (χ2n) is 14.7. The lowest BCUT2D eigenvalue weighted by Crippen LogP contribution is -2.13. The van der Waals surface area contributed by atoms with Gasteiger partial charge >= 0.3 is 0 Å². The summed E-state index contributed by atoms with van der Waals surface area (Å²) in [5.74, 6) is 0.323. The van der Waals surface area contributed by atoms with E-state index in [1.807, 2.05) is 0 Å². The van der Waals surface area contributed by atoms with E-state index in [4.69, 9.17) is 0 Å². The van der Waals surface area contributed by atoms with Gasteiger partial charge in [0.05, 0.1) is 0 Å². The fourth-order valence-electron chi connectivity index (χ4n) is 9.02. The van der Waals surface area contributed by atoms with Gasteiger partial charge in [-0.3, -0.25) is 0 Å². The Morgan fingerprint density at radius 3 is 1.71 bits per heavy atom. The fourth-order valence-corrected chi connectivity index (χ4v) is 9.02. The summed E-state index contributed by atoms with van der Waals surface area (Å²) in [5, 5.41) is 0. The second kappa shape index (κ2) is 13.0. The molecule has 10 rings (SSSR count). The largest absolute Gasteiger partial charge is 0.0622 e. The highest BCUT2D eigenvalue weighted by atomic mass is 14.3. The van der Waals surface area contributed by atoms with Gasteiger partial charge in [-0.1, -0.05) is 158 Å². The molecule has 248 valence electrons. The van der Waals surface area contributed by atoms with Crippen molar-refractivity contribution >= 4 is 11.1 Å². The molecular weight excluding hydrogens is 625 g/mol. The molecule has 0 nitrogen and oxygen atoms in total. The molecule has 0 aromatic heterocycles. The van der Waals surface area contributed by atoms with Crippen LogP contribution in [0.4, 0.5) is 0 Å². The summed E-state index contributed by atoms with van der Waals surface area (Å²) in [4.78, 5) is 0. The molecule has 7 aromatic carbocycles. The van der Waals surface area contributed by atoms with Gasteiger partial charge in [-0.25, -0.2) is 0 Å². The lowest BCUT2D eigenvalue weighted by molar-refractivity contribution is 0.687. The number of benzene rings is 7. The van der Waals surface area contributed by atoms with Crippen LogP contribution in [0.1, 0.15) is 53.0 Å². The van der Waals surface area contributed by atoms with Gasteiger partial charge in [-0.2, -0.15) is 0 Å². The Labute approximate surface area is 307 Å². The van der Waals surface area contributed by atoms with Crippen molar-refractivity contribution in [2.24, 2.45) is 0 Å². The van der Waals surface area contributed by atoms with E-state index in [2.05, 4.69) is 176 Å². The molecule has 0 saturated heterocycles. The molecule has 3 aliphatic carbocycles. The maximum atomic E-state index is 2.47. The molecule has 3 aliphatic rings. The number of allylic oxidation sites excluding steroid dienone is 4. The van der Waals surface area contributed by atoms with Crippen molar-refractivity contribution in [3.8, 4) is 55.6 Å². The number of hydrogen-bond acceptors (Lipinski definition) is 0. The summed E-state index contributed by atoms with van der Waals surface area (Å²) in [6.45, 7) is 0. The first-order chi connectivity index (χ1) is 25.8. The Balaban J connectivity index is 0.972. The summed E-state index contributed by atoms with van der Waals surface area (Å²) >= 11 is 0. The van der Waals surface area contributed by atoms with E-state index < -0.39 is 0 Å². The van der Waals surface area contributed by atoms with Crippen molar-refractivity contribution in [1.29, 1.82) is 0 Å². The summed E-state index contributed by atoms with van der Waals surface area (Å²) < 4.78 is 0. The van der Waals surface area contributed by atoms with Gasteiger partial charge in [0.15, 0.2) is 0 Å². The Bertz CT molecular complexity index is 2530. The van der Waals surface area contributed by atoms with Crippen molar-refractivity contribution < 1.29 is 0 Å². The van der Waals surface area contributed by atoms with Crippen LogP contribution in [0.5, 0.6) is 0 Å². The quantitative estimate of drug-likeness (QED) is 0.172. The normalized spacial score (nSPS) is 15.7. The van der Waals surface area contributed by atoms with Crippen LogP contribution in [0.3, 0.4) is 0 Å². The molecule has 0 N–H and O–H groups in total. The topological polar surface area (TPSA) is 0 Å². The van der Waals surface area contributed by atoms with Gasteiger partial charge in [-0.05, 0) is 145 Å². The molecule has 0 amide bonds. The SMILES string of the molecule is C1=C(c2ccccc2)CC2C(=C1)c1ccccc1-c1ccc(-c3cccc(-c4cccc(-c5ccc(-c6cccc7c6CCCC7)cc5)c4)c3)cc12. The van der Waals surface area contributed by atoms with Crippen LogP contribution in [-0.2, 0) is 12.8 Å². The summed E-state index contributed by atoms with van der Waals surface area (Å²) in [6.07, 6.45) is 10.7. The van der Waals surface area contributed by atoms with E-state index >= 15 is 0 Å². The molecule has 1 unspecified atom stereocenters. The third-order valence-corrected chi connectivity index (χ3v) is 11.7. The zero-order valence-electron chi connectivity index (χ0n) is 29.4. The van der Waals surface area contributed by atoms with Crippen LogP contribution in [0, 0.1) is 0 Å². The fraction of sp³-hybridized carbons (Fsp3) is 0.115. The Kier molecular flexibility index (Phi) is 7.68. The van der Waals surface area contributed by atoms with Gasteiger partial charge < -0.3 is 0 Å². The molecule has 0 heterocycles. The molecule has 7 aromatic rings. The Hall–Kier alpha value is -5.98. The Morgan fingerprint density at radius 2 is 0.942 bits per heavy atom. The molecule has 1 atom stereocenters. The van der Waals surface area contributed by atoms with Crippen molar-refractivity contribution in [2.45, 2.75) is 38.0 Å². The highest BCUT2D eigenvalue weighted by Crippen LogP contribution is 2.52. The molecule has 0 radical (unpaired) electrons. The minimum Gasteiger partial charge on any atom is -0.0622 e. The lowest BCUT2D eigenvalue weighted by Gasteiger charge is -2.34. The first-order valence-corrected chi connectivity index (χ1v) is 18.9. The second-order valence-corrected chi connectivity index (χ2v) is 14.7. The van der Waals surface area contributed by atoms with Crippen LogP contribution < -0.4 is 0 Å². The van der Waals surface area contributed by atoms with Gasteiger partial charge in [0.1, 0.15) is 0 Å². The summed E-state index contributed by atoms with van der Waals surface area (Å²) in [6, 6.07) is 61.2. The van der Waals surface area contributed by atoms with Crippen molar-refractivity contribution in [1.82, 2.24) is 0 Å². The van der Waals surface area contributed by atoms with E-state index in [0.717, 1.165) is 6.42 Å². The molecule has 0 fully saturated rings. The lowest BCUT2D eigenvalue weighted by atomic mass is 9.70. The van der Waals surface area contributed by atoms with Crippen molar-refractivity contribution in [2.75, 3.05) is 0 Å². The van der Waals surface area contributed by atoms with E-state index in [1.165, 1.54) is 115 Å². The first kappa shape index (κ1) is 30.8. The van der Waals surface area contributed by atoms with Crippen LogP contribution in [0.25, 0.3) is 66.8 Å². The minimum absolute atomic E-state index is 0.323. The standard InChI is InChI=1S/C52H40/c1-2-11-35(12-3-1)43-27-29-49-47-20-6-7-21-48(47)50-30-28-44(34-52(50)51(49)33-43)42-18-9-17-41(32-42)40-16-8-15-39(31-40)36-23-25-38(26-24-36)46-22-10-14-37-13-4-5-19-45(37)46/h1-3,6-12,14-18,20-32,34,51H,4-5,13,19,33H2. The number of rotatable bonds is 5. The minimum atomic E-state index is 0.323. The van der Waals surface area contributed by atoms with Gasteiger partial charge in [0.2, 0.25) is 0 Å². The highest BCUT2D eigenvalue weighted by Gasteiger charge is 2.31. The maximum absolute atomic E-state index is 2.47. The van der Waals surface area contributed by atoms with Gasteiger partial charge in [0.25, 0.3) is 0 Å². The molecule has 0 spiro atoms. The smallest absolute Gasteiger partial charge is 0.0142 e. The molecular formula is C52H40. The molecule has 0 saturated carbocycles. The molecule has 0 bridgehead atoms. The number of fused-ring (bicyclic) bond motifs is 7. The predicted octanol–water partition coefficient (Wildman–Crippen LogP) is 13.9. The zero-order valence-corrected chi connectivity index (χ0v) is 29.4. The van der Waals surface area contributed by atoms with Crippen LogP contribution in [-0.4, -0.2) is 0 Å². The van der Waals surface area contributed by atoms with Crippen LogP contribution >= 0.6 is 0 Å². The molecule has 0 heteroatoms. The maximum Gasteiger partial charge on any atom is 0.0142 e. The van der Waals surface area contributed by atoms with Crippen molar-refractivity contribution in [3.63, 3.8) is 0 Å². The summed E-state index contributed by atoms with van der Waals surface area (Å²) in [5.41, 5.74) is 23.0. The monoisotopic (exact) mass is 664 g/mol. The first-order valence-electron chi connectivity index (χ1n) is 18.9. The van der Waals surface area contributed by atoms with Crippen molar-refractivity contribution in [3.05, 3.63) is 204 Å². The summed E-state index contributed by atoms with van der Waals surface area (Å²) in [7, 11) is 0. The van der Waals surface area contributed by atoms with Crippen LogP contribution in [0.2, 0.25) is 0 Å². The van der Waals surface area contributed by atoms with E-state index in [0.29, 0.717) is 5.92 Å². The predicted molar refractivity (Wildman–Crippen MR) is 220 cm³/mol. The third-order valence-electron chi connectivity index (χ3n) is 11.7. The van der Waals surface area contributed by atoms with Gasteiger partial charge in [-0.15, -0.1) is 0 Å². The van der Waals surface area contributed by atoms with E-state index in [-0.39, 0.29) is 0 Å². The van der Waals surface area contributed by atoms with E-state index in [9.17, 15) is 0 Å². The molecule has 0 aliphatic heterocycles. The van der Waals surface area contributed by atoms with Crippen LogP contribution in [0.15, 0.2) is 176 Å². The third kappa shape index (κ3) is 5.47. The number of hydrogen-bond donors (Lipinski definition) is 0.